The SMILES string of the molecule is O=C(NCC(c1ccccc1)N1CCOCC1)C1Cc2ccccc2S1. The van der Waals surface area contributed by atoms with Crippen LogP contribution in [0, 0.1) is 0 Å². The molecule has 1 saturated heterocycles. The van der Waals surface area contributed by atoms with Crippen LogP contribution in [0.3, 0.4) is 0 Å². The van der Waals surface area contributed by atoms with Crippen molar-refractivity contribution >= 4 is 17.7 Å². The zero-order chi connectivity index (χ0) is 17.8. The number of benzene rings is 2. The van der Waals surface area contributed by atoms with Gasteiger partial charge < -0.3 is 10.1 Å². The van der Waals surface area contributed by atoms with Gasteiger partial charge in [-0.05, 0) is 23.6 Å². The average molecular weight is 369 g/mol. The second-order valence-electron chi connectivity index (χ2n) is 6.74. The molecule has 5 heteroatoms. The predicted molar refractivity (Wildman–Crippen MR) is 104 cm³/mol. The summed E-state index contributed by atoms with van der Waals surface area (Å²) in [7, 11) is 0. The third-order valence-electron chi connectivity index (χ3n) is 5.08. The van der Waals surface area contributed by atoms with Gasteiger partial charge in [-0.1, -0.05) is 48.5 Å². The van der Waals surface area contributed by atoms with Crippen LogP contribution in [0.1, 0.15) is 17.2 Å². The molecule has 2 aliphatic heterocycles. The number of nitrogens with one attached hydrogen (secondary N) is 1. The van der Waals surface area contributed by atoms with E-state index >= 15 is 0 Å². The maximum atomic E-state index is 12.8. The highest BCUT2D eigenvalue weighted by molar-refractivity contribution is 8.01. The Morgan fingerprint density at radius 2 is 1.85 bits per heavy atom. The van der Waals surface area contributed by atoms with Crippen LogP contribution in [0.15, 0.2) is 59.5 Å². The van der Waals surface area contributed by atoms with E-state index in [2.05, 4.69) is 46.6 Å². The van der Waals surface area contributed by atoms with Crippen LogP contribution < -0.4 is 5.32 Å². The summed E-state index contributed by atoms with van der Waals surface area (Å²) in [5, 5.41) is 3.19. The van der Waals surface area contributed by atoms with Gasteiger partial charge in [0.05, 0.1) is 24.5 Å². The smallest absolute Gasteiger partial charge is 0.233 e. The van der Waals surface area contributed by atoms with Crippen LogP contribution in [-0.4, -0.2) is 48.9 Å². The van der Waals surface area contributed by atoms with Gasteiger partial charge in [-0.15, -0.1) is 11.8 Å². The molecule has 4 rings (SSSR count). The molecule has 0 aromatic heterocycles. The van der Waals surface area contributed by atoms with E-state index in [0.29, 0.717) is 6.54 Å². The summed E-state index contributed by atoms with van der Waals surface area (Å²) in [6.45, 7) is 3.95. The lowest BCUT2D eigenvalue weighted by atomic mass is 10.0. The van der Waals surface area contributed by atoms with Gasteiger partial charge in [-0.25, -0.2) is 0 Å². The first-order valence-corrected chi connectivity index (χ1v) is 10.1. The monoisotopic (exact) mass is 368 g/mol. The predicted octanol–water partition coefficient (Wildman–Crippen LogP) is 2.89. The Kier molecular flexibility index (Phi) is 5.58. The lowest BCUT2D eigenvalue weighted by Gasteiger charge is -2.35. The number of carbonyl (C=O) groups excluding carboxylic acids is 1. The van der Waals surface area contributed by atoms with Gasteiger partial charge in [-0.3, -0.25) is 9.69 Å². The maximum Gasteiger partial charge on any atom is 0.233 e. The number of ether oxygens (including phenoxy) is 1. The van der Waals surface area contributed by atoms with Crippen molar-refractivity contribution in [2.45, 2.75) is 22.6 Å². The third-order valence-corrected chi connectivity index (χ3v) is 6.40. The van der Waals surface area contributed by atoms with Gasteiger partial charge in [0.25, 0.3) is 0 Å². The van der Waals surface area contributed by atoms with Crippen LogP contribution >= 0.6 is 11.8 Å². The van der Waals surface area contributed by atoms with Gasteiger partial charge in [0.15, 0.2) is 0 Å². The minimum atomic E-state index is -0.0199. The highest BCUT2D eigenvalue weighted by Gasteiger charge is 2.29. The summed E-state index contributed by atoms with van der Waals surface area (Å²) < 4.78 is 5.50. The molecule has 0 aliphatic carbocycles. The van der Waals surface area contributed by atoms with Gasteiger partial charge >= 0.3 is 0 Å². The summed E-state index contributed by atoms with van der Waals surface area (Å²) in [5.41, 5.74) is 2.53. The Morgan fingerprint density at radius 1 is 1.12 bits per heavy atom. The third kappa shape index (κ3) is 3.95. The van der Waals surface area contributed by atoms with Crippen LogP contribution in [0.25, 0.3) is 0 Å². The summed E-state index contributed by atoms with van der Waals surface area (Å²) in [4.78, 5) is 16.4. The number of morpholine rings is 1. The summed E-state index contributed by atoms with van der Waals surface area (Å²) in [6, 6.07) is 19.0. The molecular weight excluding hydrogens is 344 g/mol. The van der Waals surface area contributed by atoms with Gasteiger partial charge in [-0.2, -0.15) is 0 Å². The largest absolute Gasteiger partial charge is 0.379 e. The lowest BCUT2D eigenvalue weighted by molar-refractivity contribution is -0.120. The first-order chi connectivity index (χ1) is 12.8. The van der Waals surface area contributed by atoms with E-state index in [9.17, 15) is 4.79 Å². The first kappa shape index (κ1) is 17.6. The van der Waals surface area contributed by atoms with E-state index < -0.39 is 0 Å². The average Bonchev–Trinajstić information content (AvgIpc) is 3.14. The molecule has 2 unspecified atom stereocenters. The number of hydrogen-bond acceptors (Lipinski definition) is 4. The highest BCUT2D eigenvalue weighted by Crippen LogP contribution is 2.36. The minimum Gasteiger partial charge on any atom is -0.379 e. The quantitative estimate of drug-likeness (QED) is 0.881. The molecule has 2 atom stereocenters. The Labute approximate surface area is 158 Å². The zero-order valence-electron chi connectivity index (χ0n) is 14.8. The van der Waals surface area contributed by atoms with Crippen LogP contribution in [-0.2, 0) is 16.0 Å². The van der Waals surface area contributed by atoms with Gasteiger partial charge in [0.1, 0.15) is 0 Å². The number of nitrogens with zero attached hydrogens (tertiary/aromatic N) is 1. The Morgan fingerprint density at radius 3 is 2.62 bits per heavy atom. The second kappa shape index (κ2) is 8.25. The molecule has 4 nitrogen and oxygen atoms in total. The minimum absolute atomic E-state index is 0.0199. The Balaban J connectivity index is 1.41. The van der Waals surface area contributed by atoms with E-state index in [1.807, 2.05) is 18.2 Å². The van der Waals surface area contributed by atoms with Gasteiger partial charge in [0, 0.05) is 24.5 Å². The fraction of sp³-hybridized carbons (Fsp3) is 0.381. The number of amides is 1. The molecule has 1 fully saturated rings. The molecule has 2 aliphatic rings. The van der Waals surface area contributed by atoms with E-state index in [0.717, 1.165) is 32.7 Å². The number of carbonyl (C=O) groups is 1. The van der Waals surface area contributed by atoms with Crippen molar-refractivity contribution < 1.29 is 9.53 Å². The fourth-order valence-electron chi connectivity index (χ4n) is 3.66. The fourth-order valence-corrected chi connectivity index (χ4v) is 4.88. The van der Waals surface area contributed by atoms with Crippen molar-refractivity contribution in [3.8, 4) is 0 Å². The van der Waals surface area contributed by atoms with E-state index in [1.165, 1.54) is 16.0 Å². The topological polar surface area (TPSA) is 41.6 Å². The van der Waals surface area contributed by atoms with Crippen molar-refractivity contribution in [3.05, 3.63) is 65.7 Å². The Hall–Kier alpha value is -1.82. The zero-order valence-corrected chi connectivity index (χ0v) is 15.6. The van der Waals surface area contributed by atoms with Crippen molar-refractivity contribution in [3.63, 3.8) is 0 Å². The standard InChI is InChI=1S/C21H24N2O2S/c24-21(20-14-17-8-4-5-9-19(17)26-20)22-15-18(16-6-2-1-3-7-16)23-10-12-25-13-11-23/h1-9,18,20H,10-15H2,(H,22,24). The summed E-state index contributed by atoms with van der Waals surface area (Å²) >= 11 is 1.68. The van der Waals surface area contributed by atoms with E-state index in [-0.39, 0.29) is 17.2 Å². The van der Waals surface area contributed by atoms with Crippen molar-refractivity contribution in [1.82, 2.24) is 10.2 Å². The number of thioether (sulfide) groups is 1. The molecule has 0 bridgehead atoms. The van der Waals surface area contributed by atoms with Crippen LogP contribution in [0.4, 0.5) is 0 Å². The van der Waals surface area contributed by atoms with Crippen molar-refractivity contribution in [2.75, 3.05) is 32.8 Å². The van der Waals surface area contributed by atoms with Crippen LogP contribution in [0.5, 0.6) is 0 Å². The molecule has 1 amide bonds. The second-order valence-corrected chi connectivity index (χ2v) is 7.98. The normalized spacial score (nSPS) is 21.2. The lowest BCUT2D eigenvalue weighted by Crippen LogP contribution is -2.45. The molecule has 26 heavy (non-hydrogen) atoms. The highest BCUT2D eigenvalue weighted by atomic mass is 32.2. The van der Waals surface area contributed by atoms with E-state index in [4.69, 9.17) is 4.74 Å². The summed E-state index contributed by atoms with van der Waals surface area (Å²) in [5.74, 6) is 0.139. The Bertz CT molecular complexity index is 722. The van der Waals surface area contributed by atoms with Crippen molar-refractivity contribution in [1.29, 1.82) is 0 Å². The molecule has 1 N–H and O–H groups in total. The number of rotatable bonds is 5. The summed E-state index contributed by atoms with van der Waals surface area (Å²) in [6.07, 6.45) is 0.820. The molecule has 2 aromatic carbocycles. The molecule has 0 spiro atoms. The molecule has 136 valence electrons. The molecule has 2 heterocycles. The molecule has 2 aromatic rings. The first-order valence-electron chi connectivity index (χ1n) is 9.20. The van der Waals surface area contributed by atoms with Crippen molar-refractivity contribution in [2.24, 2.45) is 0 Å². The van der Waals surface area contributed by atoms with Gasteiger partial charge in [0.2, 0.25) is 5.91 Å². The number of fused-ring (bicyclic) bond motifs is 1. The van der Waals surface area contributed by atoms with Crippen LogP contribution in [0.2, 0.25) is 0 Å². The molecule has 0 saturated carbocycles. The number of hydrogen-bond donors (Lipinski definition) is 1. The molecule has 0 radical (unpaired) electrons. The van der Waals surface area contributed by atoms with E-state index in [1.54, 1.807) is 11.8 Å². The molecular formula is C21H24N2O2S. The maximum absolute atomic E-state index is 12.8.